The van der Waals surface area contributed by atoms with Crippen LogP contribution in [0.2, 0.25) is 0 Å². The van der Waals surface area contributed by atoms with Gasteiger partial charge in [0.2, 0.25) is 0 Å². The molecule has 2 atom stereocenters. The number of benzene rings is 3. The zero-order valence-electron chi connectivity index (χ0n) is 17.1. The average molecular weight is 373 g/mol. The molecule has 140 valence electrons. The highest BCUT2D eigenvalue weighted by Crippen LogP contribution is 2.58. The van der Waals surface area contributed by atoms with Crippen LogP contribution in [0.1, 0.15) is 57.2 Å². The summed E-state index contributed by atoms with van der Waals surface area (Å²) in [5, 5.41) is 3.01. The van der Waals surface area contributed by atoms with Crippen molar-refractivity contribution in [3.8, 4) is 0 Å². The molecule has 3 aromatic carbocycles. The molecule has 1 heteroatoms. The van der Waals surface area contributed by atoms with Crippen molar-refractivity contribution < 1.29 is 0 Å². The van der Waals surface area contributed by atoms with Crippen LogP contribution in [0.3, 0.4) is 0 Å². The van der Waals surface area contributed by atoms with Crippen LogP contribution in [-0.4, -0.2) is 5.71 Å². The van der Waals surface area contributed by atoms with Crippen molar-refractivity contribution in [2.75, 3.05) is 0 Å². The summed E-state index contributed by atoms with van der Waals surface area (Å²) in [4.78, 5) is 5.28. The summed E-state index contributed by atoms with van der Waals surface area (Å²) in [5.74, 6) is 0.615. The summed E-state index contributed by atoms with van der Waals surface area (Å²) < 4.78 is 0. The van der Waals surface area contributed by atoms with Crippen LogP contribution < -0.4 is 0 Å². The Morgan fingerprint density at radius 1 is 0.828 bits per heavy atom. The Morgan fingerprint density at radius 3 is 2.55 bits per heavy atom. The summed E-state index contributed by atoms with van der Waals surface area (Å²) >= 11 is 0. The fraction of sp³-hybridized carbons (Fsp3) is 0.250. The normalized spacial score (nSPS) is 22.7. The molecule has 0 saturated heterocycles. The lowest BCUT2D eigenvalue weighted by molar-refractivity contribution is 0.891. The van der Waals surface area contributed by atoms with Crippen molar-refractivity contribution in [2.24, 2.45) is 4.99 Å². The average Bonchev–Trinajstić information content (AvgIpc) is 3.31. The number of hydrogen-bond donors (Lipinski definition) is 0. The van der Waals surface area contributed by atoms with Gasteiger partial charge in [-0.05, 0) is 101 Å². The molecule has 1 aliphatic heterocycles. The van der Waals surface area contributed by atoms with Crippen LogP contribution in [0.15, 0.2) is 64.7 Å². The molecule has 7 rings (SSSR count). The highest BCUT2D eigenvalue weighted by molar-refractivity contribution is 6.16. The van der Waals surface area contributed by atoms with Crippen molar-refractivity contribution in [2.45, 2.75) is 45.4 Å². The van der Waals surface area contributed by atoms with Crippen LogP contribution in [0.25, 0.3) is 10.8 Å². The third-order valence-electron chi connectivity index (χ3n) is 7.60. The number of hydrogen-bond acceptors (Lipinski definition) is 1. The molecule has 0 saturated carbocycles. The first-order valence-corrected chi connectivity index (χ1v) is 10.8. The van der Waals surface area contributed by atoms with Crippen LogP contribution in [-0.2, 0) is 6.42 Å². The number of para-hydroxylation sites is 1. The molecule has 2 unspecified atom stereocenters. The zero-order valence-corrected chi connectivity index (χ0v) is 17.1. The highest BCUT2D eigenvalue weighted by Gasteiger charge is 2.45. The van der Waals surface area contributed by atoms with Gasteiger partial charge in [-0.1, -0.05) is 42.5 Å². The van der Waals surface area contributed by atoms with Crippen molar-refractivity contribution in [3.05, 3.63) is 98.6 Å². The van der Waals surface area contributed by atoms with Crippen LogP contribution in [0.4, 0.5) is 5.69 Å². The second kappa shape index (κ2) is 5.16. The molecule has 1 nitrogen and oxygen atoms in total. The summed E-state index contributed by atoms with van der Waals surface area (Å²) in [6.07, 6.45) is 7.05. The molecular formula is C28H23N. The molecule has 0 amide bonds. The monoisotopic (exact) mass is 373 g/mol. The maximum atomic E-state index is 5.28. The van der Waals surface area contributed by atoms with Gasteiger partial charge in [-0.3, -0.25) is 4.99 Å². The molecule has 0 N–H and O–H groups in total. The molecule has 0 bridgehead atoms. The summed E-state index contributed by atoms with van der Waals surface area (Å²) in [7, 11) is 0. The zero-order chi connectivity index (χ0) is 19.4. The number of fused-ring (bicyclic) bond motifs is 7. The van der Waals surface area contributed by atoms with E-state index in [0.717, 1.165) is 12.8 Å². The van der Waals surface area contributed by atoms with E-state index >= 15 is 0 Å². The van der Waals surface area contributed by atoms with Gasteiger partial charge < -0.3 is 0 Å². The van der Waals surface area contributed by atoms with E-state index in [2.05, 4.69) is 69.3 Å². The summed E-state index contributed by atoms with van der Waals surface area (Å²) in [6.45, 7) is 6.89. The van der Waals surface area contributed by atoms with Gasteiger partial charge in [-0.15, -0.1) is 0 Å². The van der Waals surface area contributed by atoms with E-state index in [-0.39, 0.29) is 0 Å². The Hall–Kier alpha value is -2.93. The minimum Gasteiger partial charge on any atom is -0.256 e. The third kappa shape index (κ3) is 1.80. The number of aryl methyl sites for hydroxylation is 3. The molecule has 0 aromatic heterocycles. The Balaban J connectivity index is 1.72. The number of rotatable bonds is 0. The van der Waals surface area contributed by atoms with E-state index in [4.69, 9.17) is 4.99 Å². The molecule has 3 aromatic rings. The van der Waals surface area contributed by atoms with Crippen molar-refractivity contribution in [3.63, 3.8) is 0 Å². The molecule has 0 fully saturated rings. The van der Waals surface area contributed by atoms with Crippen molar-refractivity contribution >= 4 is 22.2 Å². The van der Waals surface area contributed by atoms with E-state index in [1.807, 2.05) is 0 Å². The number of nitrogens with zero attached hydrogens (tertiary/aromatic N) is 1. The number of aliphatic imine (C=N–C) groups is 1. The van der Waals surface area contributed by atoms with Gasteiger partial charge in [0.1, 0.15) is 0 Å². The standard InChI is InChI=1S/C28H23N/c1-14-11-15(2)23-26-20-8-4-5-10-21(20)29-28(26)25-19-9-6-7-17(19)13-18-12-16(3)22(14)27(23)24(18)25/h4-5,7-12,25-26H,6,13H2,1-3H3. The second-order valence-corrected chi connectivity index (χ2v) is 9.20. The fourth-order valence-corrected chi connectivity index (χ4v) is 6.66. The van der Waals surface area contributed by atoms with Gasteiger partial charge in [-0.2, -0.15) is 0 Å². The van der Waals surface area contributed by atoms with Crippen molar-refractivity contribution in [1.29, 1.82) is 0 Å². The SMILES string of the molecule is Cc1cc(C)c2c(C)cc3c4c2c1C1C(=Nc2ccccc21)C4C1=CCC=C1C3. The topological polar surface area (TPSA) is 12.4 Å². The largest absolute Gasteiger partial charge is 0.256 e. The van der Waals surface area contributed by atoms with Gasteiger partial charge in [0.15, 0.2) is 0 Å². The summed E-state index contributed by atoms with van der Waals surface area (Å²) in [6, 6.07) is 13.7. The Labute approximate surface area is 171 Å². The molecule has 0 spiro atoms. The first kappa shape index (κ1) is 15.9. The maximum absolute atomic E-state index is 5.28. The van der Waals surface area contributed by atoms with Gasteiger partial charge in [0.25, 0.3) is 0 Å². The smallest absolute Gasteiger partial charge is 0.0671 e. The summed E-state index contributed by atoms with van der Waals surface area (Å²) in [5.41, 5.74) is 15.8. The van der Waals surface area contributed by atoms with E-state index in [1.165, 1.54) is 66.7 Å². The highest BCUT2D eigenvalue weighted by atomic mass is 14.8. The first-order chi connectivity index (χ1) is 14.1. The van der Waals surface area contributed by atoms with E-state index < -0.39 is 0 Å². The van der Waals surface area contributed by atoms with E-state index in [1.54, 1.807) is 5.56 Å². The molecule has 1 heterocycles. The van der Waals surface area contributed by atoms with Crippen LogP contribution in [0.5, 0.6) is 0 Å². The lowest BCUT2D eigenvalue weighted by Gasteiger charge is -2.39. The predicted molar refractivity (Wildman–Crippen MR) is 121 cm³/mol. The van der Waals surface area contributed by atoms with E-state index in [0.29, 0.717) is 11.8 Å². The third-order valence-corrected chi connectivity index (χ3v) is 7.60. The first-order valence-electron chi connectivity index (χ1n) is 10.8. The molecule has 3 aliphatic carbocycles. The van der Waals surface area contributed by atoms with Gasteiger partial charge >= 0.3 is 0 Å². The molecule has 29 heavy (non-hydrogen) atoms. The van der Waals surface area contributed by atoms with Crippen LogP contribution >= 0.6 is 0 Å². The number of allylic oxidation sites excluding steroid dienone is 4. The van der Waals surface area contributed by atoms with Gasteiger partial charge in [0.05, 0.1) is 11.6 Å². The molecule has 0 radical (unpaired) electrons. The lowest BCUT2D eigenvalue weighted by Crippen LogP contribution is -2.30. The van der Waals surface area contributed by atoms with E-state index in [9.17, 15) is 0 Å². The maximum Gasteiger partial charge on any atom is 0.0671 e. The van der Waals surface area contributed by atoms with Gasteiger partial charge in [0, 0.05) is 11.6 Å². The minimum atomic E-state index is 0.294. The lowest BCUT2D eigenvalue weighted by atomic mass is 9.63. The Bertz CT molecular complexity index is 1380. The second-order valence-electron chi connectivity index (χ2n) is 9.20. The molecule has 4 aliphatic rings. The Kier molecular flexibility index (Phi) is 2.83. The van der Waals surface area contributed by atoms with Crippen LogP contribution in [0, 0.1) is 20.8 Å². The molecular weight excluding hydrogens is 350 g/mol. The minimum absolute atomic E-state index is 0.294. The Morgan fingerprint density at radius 2 is 1.66 bits per heavy atom. The van der Waals surface area contributed by atoms with Crippen molar-refractivity contribution in [1.82, 2.24) is 0 Å². The predicted octanol–water partition coefficient (Wildman–Crippen LogP) is 6.89. The fourth-order valence-electron chi connectivity index (χ4n) is 6.66. The quantitative estimate of drug-likeness (QED) is 0.407. The van der Waals surface area contributed by atoms with Gasteiger partial charge in [-0.25, -0.2) is 0 Å².